The molecule has 0 bridgehead atoms. The quantitative estimate of drug-likeness (QED) is 0.140. The van der Waals surface area contributed by atoms with Crippen LogP contribution < -0.4 is 4.74 Å². The maximum Gasteiger partial charge on any atom is 0.314 e. The van der Waals surface area contributed by atoms with Gasteiger partial charge in [0.05, 0.1) is 5.92 Å². The number of benzene rings is 1. The zero-order chi connectivity index (χ0) is 25.6. The van der Waals surface area contributed by atoms with E-state index >= 15 is 0 Å². The van der Waals surface area contributed by atoms with Crippen molar-refractivity contribution in [2.24, 2.45) is 11.8 Å². The van der Waals surface area contributed by atoms with Crippen LogP contribution in [0.3, 0.4) is 0 Å². The van der Waals surface area contributed by atoms with E-state index in [1.54, 1.807) is 6.07 Å². The summed E-state index contributed by atoms with van der Waals surface area (Å²) in [4.78, 5) is 21.5. The van der Waals surface area contributed by atoms with Gasteiger partial charge in [0.25, 0.3) is 0 Å². The average molecular weight is 497 g/mol. The zero-order valence-corrected chi connectivity index (χ0v) is 22.4. The molecular formula is C31H45FN2O2. The van der Waals surface area contributed by atoms with E-state index in [2.05, 4.69) is 23.8 Å². The summed E-state index contributed by atoms with van der Waals surface area (Å²) < 4.78 is 20.2. The van der Waals surface area contributed by atoms with Gasteiger partial charge in [-0.05, 0) is 68.2 Å². The van der Waals surface area contributed by atoms with Crippen molar-refractivity contribution >= 4 is 5.97 Å². The van der Waals surface area contributed by atoms with Crippen LogP contribution in [0.5, 0.6) is 5.75 Å². The first-order chi connectivity index (χ1) is 17.6. The van der Waals surface area contributed by atoms with Gasteiger partial charge in [-0.1, -0.05) is 78.1 Å². The van der Waals surface area contributed by atoms with E-state index in [0.717, 1.165) is 44.1 Å². The fourth-order valence-corrected chi connectivity index (χ4v) is 5.28. The van der Waals surface area contributed by atoms with Crippen LogP contribution in [0.1, 0.15) is 116 Å². The molecule has 0 radical (unpaired) electrons. The number of carbonyl (C=O) groups excluding carboxylic acids is 1. The molecule has 3 rings (SSSR count). The summed E-state index contributed by atoms with van der Waals surface area (Å²) in [6.07, 6.45) is 22.6. The fraction of sp³-hybridized carbons (Fsp3) is 0.645. The number of aryl methyl sites for hydroxylation is 1. The van der Waals surface area contributed by atoms with Crippen molar-refractivity contribution in [3.8, 4) is 17.1 Å². The van der Waals surface area contributed by atoms with Gasteiger partial charge in [-0.15, -0.1) is 0 Å². The Bertz CT molecular complexity index is 907. The third-order valence-electron chi connectivity index (χ3n) is 7.55. The number of esters is 1. The van der Waals surface area contributed by atoms with Crippen LogP contribution in [0, 0.1) is 17.7 Å². The van der Waals surface area contributed by atoms with Crippen LogP contribution in [-0.2, 0) is 11.2 Å². The van der Waals surface area contributed by atoms with Crippen molar-refractivity contribution < 1.29 is 13.9 Å². The molecular weight excluding hydrogens is 451 g/mol. The minimum atomic E-state index is -0.553. The lowest BCUT2D eigenvalue weighted by Gasteiger charge is -2.26. The first-order valence-corrected chi connectivity index (χ1v) is 14.4. The molecule has 0 unspecified atom stereocenters. The van der Waals surface area contributed by atoms with E-state index < -0.39 is 5.82 Å². The predicted molar refractivity (Wildman–Crippen MR) is 144 cm³/mol. The molecule has 4 nitrogen and oxygen atoms in total. The van der Waals surface area contributed by atoms with Gasteiger partial charge in [0.15, 0.2) is 17.4 Å². The Balaban J connectivity index is 1.41. The maximum absolute atomic E-state index is 14.7. The Morgan fingerprint density at radius 2 is 1.53 bits per heavy atom. The average Bonchev–Trinajstić information content (AvgIpc) is 2.90. The van der Waals surface area contributed by atoms with E-state index in [9.17, 15) is 9.18 Å². The third kappa shape index (κ3) is 9.29. The number of hydrogen-bond donors (Lipinski definition) is 0. The van der Waals surface area contributed by atoms with Crippen LogP contribution in [0.15, 0.2) is 30.6 Å². The van der Waals surface area contributed by atoms with Crippen LogP contribution in [0.2, 0.25) is 0 Å². The molecule has 1 aromatic heterocycles. The summed E-state index contributed by atoms with van der Waals surface area (Å²) in [5.41, 5.74) is 1.70. The van der Waals surface area contributed by atoms with Crippen LogP contribution in [-0.4, -0.2) is 15.9 Å². The summed E-state index contributed by atoms with van der Waals surface area (Å²) in [7, 11) is 0. The van der Waals surface area contributed by atoms with Crippen molar-refractivity contribution in [3.63, 3.8) is 0 Å². The number of rotatable bonds is 15. The molecule has 0 atom stereocenters. The highest BCUT2D eigenvalue weighted by Crippen LogP contribution is 2.33. The van der Waals surface area contributed by atoms with Gasteiger partial charge in [-0.3, -0.25) is 4.79 Å². The molecule has 0 N–H and O–H groups in total. The number of hydrogen-bond acceptors (Lipinski definition) is 4. The van der Waals surface area contributed by atoms with Crippen LogP contribution in [0.25, 0.3) is 11.4 Å². The van der Waals surface area contributed by atoms with E-state index in [0.29, 0.717) is 17.3 Å². The highest BCUT2D eigenvalue weighted by atomic mass is 19.1. The topological polar surface area (TPSA) is 52.1 Å². The molecule has 0 saturated heterocycles. The molecule has 1 aliphatic carbocycles. The third-order valence-corrected chi connectivity index (χ3v) is 7.55. The van der Waals surface area contributed by atoms with Crippen molar-refractivity contribution in [2.75, 3.05) is 0 Å². The molecule has 0 amide bonds. The second-order valence-electron chi connectivity index (χ2n) is 10.6. The molecule has 1 fully saturated rings. The number of carbonyl (C=O) groups is 1. The first-order valence-electron chi connectivity index (χ1n) is 14.4. The molecule has 0 spiro atoms. The lowest BCUT2D eigenvalue weighted by Crippen LogP contribution is -2.26. The summed E-state index contributed by atoms with van der Waals surface area (Å²) in [5.74, 6) is 0.195. The van der Waals surface area contributed by atoms with Gasteiger partial charge in [0.2, 0.25) is 0 Å². The Hall–Kier alpha value is -2.30. The Labute approximate surface area is 217 Å². The minimum Gasteiger partial charge on any atom is -0.423 e. The highest BCUT2D eigenvalue weighted by Gasteiger charge is 2.28. The highest BCUT2D eigenvalue weighted by molar-refractivity contribution is 5.75. The smallest absolute Gasteiger partial charge is 0.314 e. The second kappa shape index (κ2) is 15.7. The van der Waals surface area contributed by atoms with E-state index in [1.165, 1.54) is 76.3 Å². The number of ether oxygens (including phenoxy) is 1. The van der Waals surface area contributed by atoms with E-state index in [1.807, 2.05) is 12.4 Å². The molecule has 198 valence electrons. The van der Waals surface area contributed by atoms with Gasteiger partial charge < -0.3 is 4.74 Å². The number of halogens is 1. The largest absolute Gasteiger partial charge is 0.423 e. The van der Waals surface area contributed by atoms with Crippen molar-refractivity contribution in [1.29, 1.82) is 0 Å². The number of nitrogens with zero attached hydrogens (tertiary/aromatic N) is 2. The number of unbranched alkanes of at least 4 members (excludes halogenated alkanes) is 8. The molecule has 1 saturated carbocycles. The van der Waals surface area contributed by atoms with Gasteiger partial charge in [0.1, 0.15) is 0 Å². The zero-order valence-electron chi connectivity index (χ0n) is 22.4. The fourth-order valence-electron chi connectivity index (χ4n) is 5.28. The van der Waals surface area contributed by atoms with Gasteiger partial charge in [-0.2, -0.15) is 0 Å². The normalized spacial score (nSPS) is 17.8. The van der Waals surface area contributed by atoms with Crippen molar-refractivity contribution in [2.45, 2.75) is 117 Å². The molecule has 1 aromatic carbocycles. The Kier molecular flexibility index (Phi) is 12.4. The first kappa shape index (κ1) is 28.3. The Morgan fingerprint density at radius 3 is 2.14 bits per heavy atom. The molecule has 5 heteroatoms. The SMILES string of the molecule is CCCCCCCCCCCc1cnc(-c2ccc(OC(=O)[C@H]3CC[C@H](CCC)CC3)c(F)c2)nc1. The summed E-state index contributed by atoms with van der Waals surface area (Å²) in [6, 6.07) is 4.60. The number of aromatic nitrogens is 2. The summed E-state index contributed by atoms with van der Waals surface area (Å²) >= 11 is 0. The lowest BCUT2D eigenvalue weighted by molar-refractivity contribution is -0.140. The van der Waals surface area contributed by atoms with Crippen molar-refractivity contribution in [1.82, 2.24) is 9.97 Å². The van der Waals surface area contributed by atoms with Crippen LogP contribution >= 0.6 is 0 Å². The molecule has 2 aromatic rings. The van der Waals surface area contributed by atoms with Gasteiger partial charge in [0, 0.05) is 18.0 Å². The van der Waals surface area contributed by atoms with E-state index in [-0.39, 0.29) is 17.6 Å². The van der Waals surface area contributed by atoms with Crippen LogP contribution in [0.4, 0.5) is 4.39 Å². The van der Waals surface area contributed by atoms with E-state index in [4.69, 9.17) is 4.74 Å². The van der Waals surface area contributed by atoms with Gasteiger partial charge >= 0.3 is 5.97 Å². The van der Waals surface area contributed by atoms with Crippen molar-refractivity contribution in [3.05, 3.63) is 42.0 Å². The summed E-state index contributed by atoms with van der Waals surface area (Å²) in [5, 5.41) is 0. The lowest BCUT2D eigenvalue weighted by atomic mass is 9.80. The second-order valence-corrected chi connectivity index (χ2v) is 10.6. The summed E-state index contributed by atoms with van der Waals surface area (Å²) in [6.45, 7) is 4.45. The molecule has 1 aliphatic rings. The predicted octanol–water partition coefficient (Wildman–Crippen LogP) is 8.87. The molecule has 1 heterocycles. The maximum atomic E-state index is 14.7. The monoisotopic (exact) mass is 496 g/mol. The standard InChI is InChI=1S/C31H45FN2O2/c1-3-5-6-7-8-9-10-11-12-14-25-22-33-30(34-23-25)27-19-20-29(28(32)21-27)36-31(35)26-17-15-24(13-4-2)16-18-26/h19-24,26H,3-18H2,1-2H3/t24-,26-. The minimum absolute atomic E-state index is 0.0126. The molecule has 36 heavy (non-hydrogen) atoms. The Morgan fingerprint density at radius 1 is 0.889 bits per heavy atom. The molecule has 0 aliphatic heterocycles. The van der Waals surface area contributed by atoms with Gasteiger partial charge in [-0.25, -0.2) is 14.4 Å².